The van der Waals surface area contributed by atoms with Crippen LogP contribution in [-0.2, 0) is 26.2 Å². The highest BCUT2D eigenvalue weighted by Crippen LogP contribution is 2.28. The maximum atomic E-state index is 13.7. The molecule has 37 heavy (non-hydrogen) atoms. The Morgan fingerprint density at radius 1 is 1.16 bits per heavy atom. The lowest BCUT2D eigenvalue weighted by molar-refractivity contribution is -0.384. The zero-order valence-electron chi connectivity index (χ0n) is 21.9. The van der Waals surface area contributed by atoms with Gasteiger partial charge in [-0.2, -0.15) is 0 Å². The Morgan fingerprint density at radius 3 is 2.38 bits per heavy atom. The number of non-ortho nitro benzene ring substituents is 1. The molecular weight excluding hydrogens is 500 g/mol. The Bertz CT molecular complexity index is 1250. The fourth-order valence-electron chi connectivity index (χ4n) is 3.84. The second-order valence-corrected chi connectivity index (χ2v) is 10.9. The van der Waals surface area contributed by atoms with Gasteiger partial charge >= 0.3 is 0 Å². The molecule has 0 bridgehead atoms. The average molecular weight is 535 g/mol. The van der Waals surface area contributed by atoms with Crippen molar-refractivity contribution in [2.75, 3.05) is 24.2 Å². The molecule has 0 aliphatic rings. The molecule has 0 aromatic heterocycles. The van der Waals surface area contributed by atoms with E-state index in [0.717, 1.165) is 16.6 Å². The van der Waals surface area contributed by atoms with E-state index < -0.39 is 33.4 Å². The zero-order valence-corrected chi connectivity index (χ0v) is 22.7. The second kappa shape index (κ2) is 12.5. The standard InChI is InChI=1S/C25H34N4O7S/c1-7-22(25(31)26-17(2)3)27(15-19-9-8-10-21(13-19)36-5)24(30)16-28(37(6,34)35)23-14-20(29(32)33)12-11-18(23)4/h8-14,17,22H,7,15-16H2,1-6H3,(H,26,31). The number of benzene rings is 2. The van der Waals surface area contributed by atoms with Crippen molar-refractivity contribution >= 4 is 33.2 Å². The maximum absolute atomic E-state index is 13.7. The number of aryl methyl sites for hydroxylation is 1. The fraction of sp³-hybridized carbons (Fsp3) is 0.440. The third-order valence-corrected chi connectivity index (χ3v) is 6.78. The number of anilines is 1. The number of sulfonamides is 1. The first-order chi connectivity index (χ1) is 17.3. The number of amides is 2. The Balaban J connectivity index is 2.54. The normalized spacial score (nSPS) is 12.1. The molecule has 2 aromatic rings. The van der Waals surface area contributed by atoms with Crippen molar-refractivity contribution in [3.8, 4) is 5.75 Å². The van der Waals surface area contributed by atoms with Crippen molar-refractivity contribution in [1.82, 2.24) is 10.2 Å². The average Bonchev–Trinajstić information content (AvgIpc) is 2.81. The van der Waals surface area contributed by atoms with Crippen molar-refractivity contribution < 1.29 is 27.7 Å². The highest BCUT2D eigenvalue weighted by Gasteiger charge is 2.32. The Hall–Kier alpha value is -3.67. The van der Waals surface area contributed by atoms with E-state index in [4.69, 9.17) is 4.74 Å². The fourth-order valence-corrected chi connectivity index (χ4v) is 4.74. The van der Waals surface area contributed by atoms with Crippen LogP contribution in [0.2, 0.25) is 0 Å². The van der Waals surface area contributed by atoms with Crippen LogP contribution in [0.4, 0.5) is 11.4 Å². The van der Waals surface area contributed by atoms with Crippen molar-refractivity contribution in [1.29, 1.82) is 0 Å². The number of rotatable bonds is 12. The molecule has 0 aliphatic carbocycles. The van der Waals surface area contributed by atoms with Gasteiger partial charge in [0.05, 0.1) is 24.0 Å². The summed E-state index contributed by atoms with van der Waals surface area (Å²) >= 11 is 0. The number of hydrogen-bond donors (Lipinski definition) is 1. The highest BCUT2D eigenvalue weighted by molar-refractivity contribution is 7.92. The summed E-state index contributed by atoms with van der Waals surface area (Å²) in [5.74, 6) is -0.439. The van der Waals surface area contributed by atoms with Crippen LogP contribution in [0.15, 0.2) is 42.5 Å². The second-order valence-electron chi connectivity index (χ2n) is 8.96. The molecule has 0 saturated carbocycles. The minimum absolute atomic E-state index is 0.0194. The van der Waals surface area contributed by atoms with Crippen LogP contribution in [-0.4, -0.2) is 62.0 Å². The van der Waals surface area contributed by atoms with Crippen molar-refractivity contribution in [3.63, 3.8) is 0 Å². The van der Waals surface area contributed by atoms with E-state index in [0.29, 0.717) is 16.9 Å². The molecule has 1 N–H and O–H groups in total. The summed E-state index contributed by atoms with van der Waals surface area (Å²) in [6.45, 7) is 6.34. The van der Waals surface area contributed by atoms with Crippen LogP contribution in [0.25, 0.3) is 0 Å². The molecule has 2 rings (SSSR count). The van der Waals surface area contributed by atoms with Gasteiger partial charge in [-0.25, -0.2) is 8.42 Å². The largest absolute Gasteiger partial charge is 0.497 e. The van der Waals surface area contributed by atoms with Crippen molar-refractivity contribution in [2.24, 2.45) is 0 Å². The number of nitrogens with one attached hydrogen (secondary N) is 1. The molecule has 1 unspecified atom stereocenters. The number of ether oxygens (including phenoxy) is 1. The maximum Gasteiger partial charge on any atom is 0.271 e. The van der Waals surface area contributed by atoms with Crippen LogP contribution < -0.4 is 14.4 Å². The van der Waals surface area contributed by atoms with E-state index in [9.17, 15) is 28.1 Å². The first-order valence-electron chi connectivity index (χ1n) is 11.7. The molecule has 0 radical (unpaired) electrons. The van der Waals surface area contributed by atoms with Gasteiger partial charge in [-0.05, 0) is 50.5 Å². The van der Waals surface area contributed by atoms with Gasteiger partial charge in [-0.15, -0.1) is 0 Å². The molecule has 0 spiro atoms. The van der Waals surface area contributed by atoms with Gasteiger partial charge in [0.15, 0.2) is 0 Å². The highest BCUT2D eigenvalue weighted by atomic mass is 32.2. The van der Waals surface area contributed by atoms with Gasteiger partial charge in [0.2, 0.25) is 21.8 Å². The predicted octanol–water partition coefficient (Wildman–Crippen LogP) is 3.01. The Kier molecular flexibility index (Phi) is 10.0. The minimum atomic E-state index is -4.02. The zero-order chi connectivity index (χ0) is 27.9. The quantitative estimate of drug-likeness (QED) is 0.326. The number of nitro benzene ring substituents is 1. The molecule has 12 heteroatoms. The molecule has 1 atom stereocenters. The van der Waals surface area contributed by atoms with Crippen LogP contribution in [0.1, 0.15) is 38.3 Å². The van der Waals surface area contributed by atoms with E-state index in [2.05, 4.69) is 5.32 Å². The summed E-state index contributed by atoms with van der Waals surface area (Å²) in [7, 11) is -2.51. The van der Waals surface area contributed by atoms with Crippen LogP contribution in [0, 0.1) is 17.0 Å². The smallest absolute Gasteiger partial charge is 0.271 e. The van der Waals surface area contributed by atoms with Gasteiger partial charge in [-0.1, -0.05) is 25.1 Å². The SMILES string of the molecule is CCC(C(=O)NC(C)C)N(Cc1cccc(OC)c1)C(=O)CN(c1cc([N+](=O)[O-])ccc1C)S(C)(=O)=O. The van der Waals surface area contributed by atoms with Gasteiger partial charge in [0.25, 0.3) is 5.69 Å². The van der Waals surface area contributed by atoms with Crippen LogP contribution in [0.5, 0.6) is 5.75 Å². The van der Waals surface area contributed by atoms with E-state index in [1.807, 2.05) is 0 Å². The lowest BCUT2D eigenvalue weighted by Crippen LogP contribution is -2.53. The number of carbonyl (C=O) groups excluding carboxylic acids is 2. The van der Waals surface area contributed by atoms with Gasteiger partial charge in [0.1, 0.15) is 18.3 Å². The summed E-state index contributed by atoms with van der Waals surface area (Å²) in [4.78, 5) is 38.8. The summed E-state index contributed by atoms with van der Waals surface area (Å²) in [5, 5.41) is 14.1. The Morgan fingerprint density at radius 2 is 1.84 bits per heavy atom. The van der Waals surface area contributed by atoms with E-state index in [1.165, 1.54) is 24.1 Å². The molecule has 0 heterocycles. The molecule has 11 nitrogen and oxygen atoms in total. The lowest BCUT2D eigenvalue weighted by Gasteiger charge is -2.33. The van der Waals surface area contributed by atoms with Gasteiger partial charge in [-0.3, -0.25) is 24.0 Å². The molecular formula is C25H34N4O7S. The Labute approximate surface area is 217 Å². The third kappa shape index (κ3) is 7.91. The number of hydrogen-bond acceptors (Lipinski definition) is 7. The summed E-state index contributed by atoms with van der Waals surface area (Å²) < 4.78 is 31.7. The van der Waals surface area contributed by atoms with Gasteiger partial charge < -0.3 is 15.0 Å². The van der Waals surface area contributed by atoms with E-state index in [-0.39, 0.29) is 36.3 Å². The monoisotopic (exact) mass is 534 g/mol. The first kappa shape index (κ1) is 29.6. The number of nitro groups is 1. The van der Waals surface area contributed by atoms with Crippen molar-refractivity contribution in [2.45, 2.75) is 52.7 Å². The van der Waals surface area contributed by atoms with E-state index in [1.54, 1.807) is 52.0 Å². The summed E-state index contributed by atoms with van der Waals surface area (Å²) in [5.41, 5.74) is 0.831. The van der Waals surface area contributed by atoms with E-state index >= 15 is 0 Å². The minimum Gasteiger partial charge on any atom is -0.497 e. The van der Waals surface area contributed by atoms with Crippen LogP contribution in [0.3, 0.4) is 0 Å². The predicted molar refractivity (Wildman–Crippen MR) is 141 cm³/mol. The molecule has 0 saturated heterocycles. The first-order valence-corrected chi connectivity index (χ1v) is 13.6. The van der Waals surface area contributed by atoms with Crippen LogP contribution >= 0.6 is 0 Å². The lowest BCUT2D eigenvalue weighted by atomic mass is 10.1. The molecule has 0 fully saturated rings. The van der Waals surface area contributed by atoms with Gasteiger partial charge in [0, 0.05) is 24.7 Å². The molecule has 2 amide bonds. The number of methoxy groups -OCH3 is 1. The topological polar surface area (TPSA) is 139 Å². The number of nitrogens with zero attached hydrogens (tertiary/aromatic N) is 3. The summed E-state index contributed by atoms with van der Waals surface area (Å²) in [6, 6.07) is 9.76. The molecule has 202 valence electrons. The molecule has 2 aromatic carbocycles. The van der Waals surface area contributed by atoms with Crippen molar-refractivity contribution in [3.05, 3.63) is 63.7 Å². The number of carbonyl (C=O) groups is 2. The summed E-state index contributed by atoms with van der Waals surface area (Å²) in [6.07, 6.45) is 1.21. The third-order valence-electron chi connectivity index (χ3n) is 5.66. The molecule has 0 aliphatic heterocycles.